The van der Waals surface area contributed by atoms with E-state index in [1.54, 1.807) is 11.8 Å². The van der Waals surface area contributed by atoms with Crippen molar-refractivity contribution >= 4 is 17.5 Å². The van der Waals surface area contributed by atoms with E-state index in [-0.39, 0.29) is 11.9 Å². The summed E-state index contributed by atoms with van der Waals surface area (Å²) in [6.07, 6.45) is 1.31. The Bertz CT molecular complexity index is 1060. The molecule has 0 N–H and O–H groups in total. The zero-order valence-electron chi connectivity index (χ0n) is 19.3. The number of rotatable bonds is 9. The lowest BCUT2D eigenvalue weighted by molar-refractivity contribution is -0.133. The highest BCUT2D eigenvalue weighted by atomic mass is 35.5. The molecule has 3 rings (SSSR count). The number of benzene rings is 2. The van der Waals surface area contributed by atoms with Crippen molar-refractivity contribution in [1.82, 2.24) is 14.7 Å². The third-order valence-electron chi connectivity index (χ3n) is 5.54. The molecule has 7 heteroatoms. The summed E-state index contributed by atoms with van der Waals surface area (Å²) in [5.74, 6) is 2.05. The number of aromatic nitrogens is 2. The van der Waals surface area contributed by atoms with Gasteiger partial charge < -0.3 is 14.4 Å². The number of halogens is 1. The van der Waals surface area contributed by atoms with Gasteiger partial charge in [0.25, 0.3) is 0 Å². The van der Waals surface area contributed by atoms with Gasteiger partial charge in [-0.3, -0.25) is 4.79 Å². The summed E-state index contributed by atoms with van der Waals surface area (Å²) in [5, 5.41) is 5.35. The van der Waals surface area contributed by atoms with Crippen LogP contribution in [0.15, 0.2) is 48.5 Å². The molecule has 3 aromatic rings. The summed E-state index contributed by atoms with van der Waals surface area (Å²) >= 11 is 6.24. The first kappa shape index (κ1) is 23.7. The van der Waals surface area contributed by atoms with Crippen LogP contribution in [0, 0.1) is 6.92 Å². The summed E-state index contributed by atoms with van der Waals surface area (Å²) in [6.45, 7) is 8.38. The molecule has 1 atom stereocenters. The predicted molar refractivity (Wildman–Crippen MR) is 127 cm³/mol. The minimum atomic E-state index is 0.102. The third-order valence-corrected chi connectivity index (χ3v) is 5.77. The largest absolute Gasteiger partial charge is 0.497 e. The number of aryl methyl sites for hydroxylation is 1. The van der Waals surface area contributed by atoms with Gasteiger partial charge >= 0.3 is 0 Å². The van der Waals surface area contributed by atoms with E-state index >= 15 is 0 Å². The van der Waals surface area contributed by atoms with Crippen LogP contribution < -0.4 is 9.47 Å². The first-order valence-corrected chi connectivity index (χ1v) is 11.2. The second kappa shape index (κ2) is 10.6. The standard InChI is InChI=1S/C25H30ClN3O3/c1-6-17(3)28(24(30)7-2)16-23-18(4)27-29(20-10-8-9-19(26)15-20)25(23)32-22-13-11-21(31-5)12-14-22/h8-15,17H,6-7,16H2,1-5H3/t17-/m1/s1. The quantitative estimate of drug-likeness (QED) is 0.387. The maximum Gasteiger partial charge on any atom is 0.227 e. The topological polar surface area (TPSA) is 56.6 Å². The molecule has 0 saturated heterocycles. The van der Waals surface area contributed by atoms with E-state index in [1.165, 1.54) is 0 Å². The lowest BCUT2D eigenvalue weighted by Gasteiger charge is -2.28. The molecular weight excluding hydrogens is 426 g/mol. The van der Waals surface area contributed by atoms with Gasteiger partial charge in [0, 0.05) is 17.5 Å². The van der Waals surface area contributed by atoms with Gasteiger partial charge in [0.1, 0.15) is 11.5 Å². The van der Waals surface area contributed by atoms with E-state index in [1.807, 2.05) is 67.3 Å². The van der Waals surface area contributed by atoms with Crippen molar-refractivity contribution in [2.75, 3.05) is 7.11 Å². The van der Waals surface area contributed by atoms with Crippen molar-refractivity contribution in [1.29, 1.82) is 0 Å². The van der Waals surface area contributed by atoms with Crippen LogP contribution in [0.1, 0.15) is 44.9 Å². The highest BCUT2D eigenvalue weighted by molar-refractivity contribution is 6.30. The molecule has 0 aliphatic rings. The number of carbonyl (C=O) groups is 1. The van der Waals surface area contributed by atoms with Gasteiger partial charge in [0.05, 0.1) is 30.6 Å². The van der Waals surface area contributed by atoms with Crippen LogP contribution in [0.4, 0.5) is 0 Å². The second-order valence-electron chi connectivity index (χ2n) is 7.67. The van der Waals surface area contributed by atoms with Crippen LogP contribution in [-0.2, 0) is 11.3 Å². The molecule has 0 aliphatic heterocycles. The Labute approximate surface area is 194 Å². The number of ether oxygens (including phenoxy) is 2. The van der Waals surface area contributed by atoms with E-state index in [0.29, 0.717) is 29.6 Å². The van der Waals surface area contributed by atoms with Gasteiger partial charge in [-0.1, -0.05) is 31.5 Å². The van der Waals surface area contributed by atoms with E-state index in [0.717, 1.165) is 29.1 Å². The summed E-state index contributed by atoms with van der Waals surface area (Å²) in [5.41, 5.74) is 2.45. The Kier molecular flexibility index (Phi) is 7.80. The fourth-order valence-corrected chi connectivity index (χ4v) is 3.63. The monoisotopic (exact) mass is 455 g/mol. The van der Waals surface area contributed by atoms with Gasteiger partial charge in [0.2, 0.25) is 11.8 Å². The maximum atomic E-state index is 12.7. The summed E-state index contributed by atoms with van der Waals surface area (Å²) < 4.78 is 13.3. The average Bonchev–Trinajstić information content (AvgIpc) is 3.11. The lowest BCUT2D eigenvalue weighted by Crippen LogP contribution is -2.37. The fraction of sp³-hybridized carbons (Fsp3) is 0.360. The molecular formula is C25H30ClN3O3. The zero-order chi connectivity index (χ0) is 23.3. The van der Waals surface area contributed by atoms with Crippen LogP contribution in [-0.4, -0.2) is 33.7 Å². The van der Waals surface area contributed by atoms with E-state index in [4.69, 9.17) is 26.2 Å². The van der Waals surface area contributed by atoms with Crippen LogP contribution in [0.25, 0.3) is 5.69 Å². The Morgan fingerprint density at radius 2 is 1.84 bits per heavy atom. The molecule has 0 aliphatic carbocycles. The number of hydrogen-bond acceptors (Lipinski definition) is 4. The zero-order valence-corrected chi connectivity index (χ0v) is 20.0. The van der Waals surface area contributed by atoms with Crippen LogP contribution in [0.2, 0.25) is 5.02 Å². The number of amides is 1. The molecule has 1 aromatic heterocycles. The Morgan fingerprint density at radius 3 is 2.44 bits per heavy atom. The molecule has 0 spiro atoms. The van der Waals surface area contributed by atoms with E-state index < -0.39 is 0 Å². The third kappa shape index (κ3) is 5.25. The minimum Gasteiger partial charge on any atom is -0.497 e. The van der Waals surface area contributed by atoms with Gasteiger partial charge in [-0.15, -0.1) is 0 Å². The van der Waals surface area contributed by atoms with Gasteiger partial charge in [-0.25, -0.2) is 4.68 Å². The normalized spacial score (nSPS) is 11.8. The van der Waals surface area contributed by atoms with Gasteiger partial charge in [-0.05, 0) is 62.7 Å². The molecule has 1 amide bonds. The lowest BCUT2D eigenvalue weighted by atomic mass is 10.1. The van der Waals surface area contributed by atoms with Crippen LogP contribution in [0.5, 0.6) is 17.4 Å². The van der Waals surface area contributed by atoms with Crippen molar-refractivity contribution in [2.45, 2.75) is 53.1 Å². The molecule has 6 nitrogen and oxygen atoms in total. The number of hydrogen-bond donors (Lipinski definition) is 0. The number of nitrogens with zero attached hydrogens (tertiary/aromatic N) is 3. The Morgan fingerprint density at radius 1 is 1.16 bits per heavy atom. The van der Waals surface area contributed by atoms with Crippen LogP contribution in [0.3, 0.4) is 0 Å². The molecule has 0 unspecified atom stereocenters. The second-order valence-corrected chi connectivity index (χ2v) is 8.11. The Hall–Kier alpha value is -2.99. The maximum absolute atomic E-state index is 12.7. The Balaban J connectivity index is 2.09. The smallest absolute Gasteiger partial charge is 0.227 e. The van der Waals surface area contributed by atoms with E-state index in [9.17, 15) is 4.79 Å². The highest BCUT2D eigenvalue weighted by Gasteiger charge is 2.25. The molecule has 1 heterocycles. The van der Waals surface area contributed by atoms with Gasteiger partial charge in [0.15, 0.2) is 0 Å². The van der Waals surface area contributed by atoms with E-state index in [2.05, 4.69) is 13.8 Å². The van der Waals surface area contributed by atoms with Crippen molar-refractivity contribution in [2.24, 2.45) is 0 Å². The SMILES string of the molecule is CCC(=O)N(Cc1c(C)nn(-c2cccc(Cl)c2)c1Oc1ccc(OC)cc1)[C@H](C)CC. The van der Waals surface area contributed by atoms with Crippen molar-refractivity contribution in [3.8, 4) is 23.1 Å². The van der Waals surface area contributed by atoms with Crippen molar-refractivity contribution in [3.05, 3.63) is 64.8 Å². The first-order valence-electron chi connectivity index (χ1n) is 10.8. The minimum absolute atomic E-state index is 0.102. The molecule has 2 aromatic carbocycles. The summed E-state index contributed by atoms with van der Waals surface area (Å²) in [7, 11) is 1.62. The van der Waals surface area contributed by atoms with Crippen LogP contribution >= 0.6 is 11.6 Å². The summed E-state index contributed by atoms with van der Waals surface area (Å²) in [4.78, 5) is 14.6. The molecule has 0 bridgehead atoms. The molecule has 0 saturated carbocycles. The predicted octanol–water partition coefficient (Wildman–Crippen LogP) is 6.17. The fourth-order valence-electron chi connectivity index (χ4n) is 3.45. The summed E-state index contributed by atoms with van der Waals surface area (Å²) in [6, 6.07) is 14.9. The molecule has 0 radical (unpaired) electrons. The highest BCUT2D eigenvalue weighted by Crippen LogP contribution is 2.33. The molecule has 170 valence electrons. The first-order chi connectivity index (χ1) is 15.4. The van der Waals surface area contributed by atoms with Gasteiger partial charge in [-0.2, -0.15) is 5.10 Å². The average molecular weight is 456 g/mol. The molecule has 0 fully saturated rings. The van der Waals surface area contributed by atoms with Crippen molar-refractivity contribution < 1.29 is 14.3 Å². The van der Waals surface area contributed by atoms with Crippen molar-refractivity contribution in [3.63, 3.8) is 0 Å². The number of carbonyl (C=O) groups excluding carboxylic acids is 1. The number of methoxy groups -OCH3 is 1. The molecule has 32 heavy (non-hydrogen) atoms.